The smallest absolute Gasteiger partial charge is 0.335 e. The van der Waals surface area contributed by atoms with Crippen LogP contribution >= 0.6 is 0 Å². The van der Waals surface area contributed by atoms with Gasteiger partial charge in [-0.25, -0.2) is 9.59 Å². The van der Waals surface area contributed by atoms with Gasteiger partial charge in [0.1, 0.15) is 72.6 Å². The number of aliphatic hydroxyl groups excluding tert-OH is 1. The third-order valence-electron chi connectivity index (χ3n) is 19.7. The number of hydrogen-bond donors (Lipinski definition) is 24. The van der Waals surface area contributed by atoms with Crippen molar-refractivity contribution in [2.75, 3.05) is 37.7 Å². The molecule has 1 fully saturated rings. The molecule has 0 spiro atoms. The van der Waals surface area contributed by atoms with Crippen LogP contribution in [0.3, 0.4) is 0 Å². The molecule has 690 valence electrons. The van der Waals surface area contributed by atoms with Crippen molar-refractivity contribution in [3.8, 4) is 0 Å². The number of amides is 15. The molecule has 2 heterocycles. The fourth-order valence-corrected chi connectivity index (χ4v) is 12.9. The molecule has 15 amide bonds. The Bertz CT molecular complexity index is 4750. The molecular weight excluding hydrogens is 1680 g/mol. The lowest BCUT2D eigenvalue weighted by Crippen LogP contribution is -2.62. The molecule has 1 aliphatic rings. The number of hydrogen-bond acceptors (Lipinski definition) is 26. The molecule has 1 saturated heterocycles. The average molecular weight is 1780 g/mol. The van der Waals surface area contributed by atoms with Gasteiger partial charge in [0.05, 0.1) is 62.9 Å². The molecule has 5 rings (SSSR count). The predicted octanol–water partition coefficient (Wildman–Crippen LogP) is -4.87. The number of carboxylic acids is 5. The molecule has 3 aromatic carbocycles. The lowest BCUT2D eigenvalue weighted by molar-refractivity contribution is -0.156. The van der Waals surface area contributed by atoms with Gasteiger partial charge in [-0.05, 0) is 81.0 Å². The Morgan fingerprint density at radius 1 is 0.528 bits per heavy atom. The van der Waals surface area contributed by atoms with Gasteiger partial charge >= 0.3 is 35.8 Å². The van der Waals surface area contributed by atoms with Crippen molar-refractivity contribution in [1.82, 2.24) is 79.4 Å². The molecule has 0 unspecified atom stereocenters. The summed E-state index contributed by atoms with van der Waals surface area (Å²) in [5, 5.41) is 90.9. The Balaban J connectivity index is 1.65. The van der Waals surface area contributed by atoms with E-state index in [1.165, 1.54) is 24.3 Å². The summed E-state index contributed by atoms with van der Waals surface area (Å²) in [6.45, 7) is 0.534. The van der Waals surface area contributed by atoms with Gasteiger partial charge in [0.15, 0.2) is 5.78 Å². The van der Waals surface area contributed by atoms with Crippen LogP contribution in [0.25, 0.3) is 10.9 Å². The summed E-state index contributed by atoms with van der Waals surface area (Å²) in [5.41, 5.74) is 17.4. The van der Waals surface area contributed by atoms with Gasteiger partial charge in [0.25, 0.3) is 5.91 Å². The third kappa shape index (κ3) is 34.2. The number of Topliss-reactive ketones (excluding diaryl/α,β-unsaturated/α-hetero) is 1. The number of carbonyl (C=O) groups excluding carboxylic acids is 17. The van der Waals surface area contributed by atoms with Crippen molar-refractivity contribution in [2.24, 2.45) is 11.7 Å². The van der Waals surface area contributed by atoms with Crippen molar-refractivity contribution in [3.05, 3.63) is 95.2 Å². The van der Waals surface area contributed by atoms with E-state index in [-0.39, 0.29) is 47.3 Å². The highest BCUT2D eigenvalue weighted by atomic mass is 16.5. The number of ketones is 1. The van der Waals surface area contributed by atoms with Crippen LogP contribution in [-0.2, 0) is 102 Å². The van der Waals surface area contributed by atoms with E-state index >= 15 is 0 Å². The van der Waals surface area contributed by atoms with Crippen molar-refractivity contribution in [2.45, 2.75) is 209 Å². The first-order valence-electron chi connectivity index (χ1n) is 40.2. The van der Waals surface area contributed by atoms with Crippen LogP contribution in [0.15, 0.2) is 72.9 Å². The second-order valence-electron chi connectivity index (χ2n) is 29.8. The first-order chi connectivity index (χ1) is 60.0. The monoisotopic (exact) mass is 1780 g/mol. The highest BCUT2D eigenvalue weighted by Crippen LogP contribution is 2.22. The summed E-state index contributed by atoms with van der Waals surface area (Å²) in [7, 11) is 0. The fraction of sp³-hybridized carbons (Fsp3) is 0.475. The molecule has 13 atom stereocenters. The van der Waals surface area contributed by atoms with Crippen molar-refractivity contribution < 1.29 is 141 Å². The molecule has 1 aromatic heterocycles. The average Bonchev–Trinajstić information content (AvgIpc) is 1.68. The number of aromatic amines is 1. The number of nitrogens with one attached hydrogen (secondary N) is 15. The summed E-state index contributed by atoms with van der Waals surface area (Å²) in [6, 6.07) is -8.40. The van der Waals surface area contributed by atoms with E-state index in [9.17, 15) is 136 Å². The number of carboxylic acid groups (broad SMARTS) is 5. The minimum absolute atomic E-state index is 0.0432. The zero-order chi connectivity index (χ0) is 94.5. The first-order valence-corrected chi connectivity index (χ1v) is 40.2. The van der Waals surface area contributed by atoms with Crippen molar-refractivity contribution >= 4 is 152 Å². The number of rotatable bonds is 38. The van der Waals surface area contributed by atoms with E-state index in [4.69, 9.17) is 21.9 Å². The minimum atomic E-state index is -2.53. The lowest BCUT2D eigenvalue weighted by Gasteiger charge is -2.30. The summed E-state index contributed by atoms with van der Waals surface area (Å²) in [6.07, 6.45) is -3.45. The maximum atomic E-state index is 15.0. The number of nitrogen functional groups attached to an aromatic ring is 2. The first kappa shape index (κ1) is 103. The number of para-hydroxylation sites is 2. The number of H-pyrrole nitrogens is 1. The Kier molecular flexibility index (Phi) is 41.1. The molecule has 0 saturated carbocycles. The predicted molar refractivity (Wildman–Crippen MR) is 441 cm³/mol. The number of anilines is 2. The summed E-state index contributed by atoms with van der Waals surface area (Å²) < 4.78 is 5.71. The van der Waals surface area contributed by atoms with Gasteiger partial charge < -0.3 is 132 Å². The topological polar surface area (TPSA) is 768 Å². The quantitative estimate of drug-likeness (QED) is 0.00866. The molecule has 0 aliphatic carbocycles. The number of unbranched alkanes of at least 4 members (excludes halogenated alkanes) is 6. The number of cyclic esters (lactones) is 1. The standard InChI is InChI=1S/C80H106N18O29/c1-5-6-7-8-9-10-11-22-59(102)90-50(28-42-34-85-48-20-15-13-17-43(42)48)73(118)93-51(30-58(83)101)74(119)95-54(33-65(111)112)75(120)98-67-40(4)127-80(126)55(29-57(100)44-18-12-14-19-46(44)81)96-78(123)66(38(2)26-62(105)106)97-76(121)56(37-99)91-61(104)35-86-70(115)52(31-63(107)108)92-68(113)39(3)88-72(117)53(32-64(109)110)94-71(116)49(89-60(103)36-87-77(67)122)21-16-25-84-69(114)45-27-41(79(124)125)23-24-47(45)82/h12-15,17-20,23-24,27,34,38-40,49-56,66-67,85,99H,5-11,16,21-22,25-26,28-33,35-37,81-82H2,1-4H3,(H2,83,101)(H,84,114)(H,86,115)(H,87,122)(H,88,117)(H,89,103)(H,90,102)(H,91,104)(H,92,113)(H,93,118)(H,94,116)(H,95,119)(H,96,123)(H,97,121)(H,98,120)(H,105,106)(H,107,108)(H,109,110)(H,111,112)(H,124,125)/t38-,39-,40-,49+,50+,51+,52+,53+,54+,55+,56-,66+,67+/m1/s1. The maximum absolute atomic E-state index is 15.0. The Hall–Kier alpha value is -14.7. The highest BCUT2D eigenvalue weighted by molar-refractivity contribution is 6.06. The number of nitrogens with two attached hydrogens (primary N) is 3. The van der Waals surface area contributed by atoms with Crippen LogP contribution in [0.5, 0.6) is 0 Å². The van der Waals surface area contributed by atoms with Gasteiger partial charge in [0.2, 0.25) is 82.7 Å². The van der Waals surface area contributed by atoms with E-state index in [1.807, 2.05) is 16.0 Å². The number of benzene rings is 3. The molecule has 27 N–H and O–H groups in total. The second kappa shape index (κ2) is 50.8. The van der Waals surface area contributed by atoms with Gasteiger partial charge in [-0.2, -0.15) is 0 Å². The summed E-state index contributed by atoms with van der Waals surface area (Å²) in [5.74, 6) is -33.3. The van der Waals surface area contributed by atoms with Gasteiger partial charge in [-0.3, -0.25) is 95.9 Å². The van der Waals surface area contributed by atoms with Crippen LogP contribution in [0, 0.1) is 5.92 Å². The van der Waals surface area contributed by atoms with Crippen LogP contribution in [0.4, 0.5) is 11.4 Å². The summed E-state index contributed by atoms with van der Waals surface area (Å²) in [4.78, 5) is 304. The molecule has 0 bridgehead atoms. The zero-order valence-corrected chi connectivity index (χ0v) is 69.6. The fourth-order valence-electron chi connectivity index (χ4n) is 12.9. The van der Waals surface area contributed by atoms with E-state index in [0.29, 0.717) is 29.3 Å². The second-order valence-corrected chi connectivity index (χ2v) is 29.8. The zero-order valence-electron chi connectivity index (χ0n) is 69.6. The number of aromatic nitrogens is 1. The molecule has 1 aliphatic heterocycles. The third-order valence-corrected chi connectivity index (χ3v) is 19.7. The summed E-state index contributed by atoms with van der Waals surface area (Å²) >= 11 is 0. The van der Waals surface area contributed by atoms with E-state index in [2.05, 4.69) is 70.4 Å². The molecular formula is C80H106N18O29. The van der Waals surface area contributed by atoms with Crippen LogP contribution in [0.1, 0.15) is 167 Å². The van der Waals surface area contributed by atoms with E-state index < -0.39 is 280 Å². The molecule has 4 aromatic rings. The van der Waals surface area contributed by atoms with Crippen molar-refractivity contribution in [3.63, 3.8) is 0 Å². The Labute approximate surface area is 723 Å². The number of fused-ring (bicyclic) bond motifs is 1. The Morgan fingerprint density at radius 2 is 1.08 bits per heavy atom. The number of esters is 1. The van der Waals surface area contributed by atoms with Gasteiger partial charge in [0, 0.05) is 59.8 Å². The van der Waals surface area contributed by atoms with Crippen molar-refractivity contribution in [1.29, 1.82) is 0 Å². The molecule has 47 nitrogen and oxygen atoms in total. The van der Waals surface area contributed by atoms with Gasteiger partial charge in [-0.1, -0.05) is 82.7 Å². The molecule has 127 heavy (non-hydrogen) atoms. The van der Waals surface area contributed by atoms with E-state index in [0.717, 1.165) is 71.1 Å². The van der Waals surface area contributed by atoms with Crippen LogP contribution in [0.2, 0.25) is 0 Å². The molecule has 0 radical (unpaired) electrons. The number of aromatic carboxylic acids is 1. The maximum Gasteiger partial charge on any atom is 0.335 e. The lowest BCUT2D eigenvalue weighted by atomic mass is 9.96. The normalized spacial score (nSPS) is 20.2. The molecule has 47 heteroatoms. The van der Waals surface area contributed by atoms with Gasteiger partial charge in [-0.15, -0.1) is 0 Å². The minimum Gasteiger partial charge on any atom is -0.481 e. The number of aliphatic carboxylic acids is 4. The van der Waals surface area contributed by atoms with Crippen LogP contribution < -0.4 is 91.6 Å². The highest BCUT2D eigenvalue weighted by Gasteiger charge is 2.41. The largest absolute Gasteiger partial charge is 0.481 e. The Morgan fingerprint density at radius 3 is 1.69 bits per heavy atom. The van der Waals surface area contributed by atoms with E-state index in [1.54, 1.807) is 30.5 Å². The number of aliphatic hydroxyl groups is 1. The van der Waals surface area contributed by atoms with Crippen LogP contribution in [-0.4, -0.2) is 265 Å². The number of primary amides is 1. The number of carbonyl (C=O) groups is 22. The SMILES string of the molecule is CCCCCCCCCC(=O)N[C@@H](Cc1c[nH]c2ccccc12)C(=O)N[C@@H](CC(N)=O)C(=O)N[C@@H](CC(=O)O)C(=O)N[C@@H]1C(=O)NCC(=O)N[C@@H](CCCNC(=O)c2cc(C(=O)O)ccc2N)C(=O)N[C@@H](CC(=O)O)C(=O)N[C@H](C)C(=O)N[C@@H](CC(=O)O)C(=O)NCC(=O)N[C@H](CO)C(=O)N[C@@H]([C@H](C)CC(=O)O)C(=O)N[C@@H](CC(=O)c2ccccc2N)C(=O)O[C@@H]1C. The number of ether oxygens (including phenoxy) is 1.